The summed E-state index contributed by atoms with van der Waals surface area (Å²) in [4.78, 5) is 10.6. The maximum absolute atomic E-state index is 10.6. The van der Waals surface area contributed by atoms with Crippen LogP contribution in [0.1, 0.15) is 20.3 Å². The fraction of sp³-hybridized carbons (Fsp3) is 0.571. The Balaban J connectivity index is 3.60. The standard InChI is InChI=1S/C7H13NO/c1-4-6(2)5-7(9)8-3/h4H,5H2,1-3H3,(H,8,9)/b6-4+. The van der Waals surface area contributed by atoms with Crippen molar-refractivity contribution in [2.24, 2.45) is 0 Å². The first-order valence-electron chi connectivity index (χ1n) is 3.03. The minimum absolute atomic E-state index is 0.0746. The van der Waals surface area contributed by atoms with Gasteiger partial charge in [0.25, 0.3) is 0 Å². The lowest BCUT2D eigenvalue weighted by Crippen LogP contribution is -2.17. The third-order valence-corrected chi connectivity index (χ3v) is 1.21. The molecule has 52 valence electrons. The molecular weight excluding hydrogens is 114 g/mol. The Labute approximate surface area is 56.0 Å². The van der Waals surface area contributed by atoms with Gasteiger partial charge in [0.1, 0.15) is 0 Å². The van der Waals surface area contributed by atoms with Gasteiger partial charge in [-0.25, -0.2) is 0 Å². The monoisotopic (exact) mass is 127 g/mol. The second-order valence-corrected chi connectivity index (χ2v) is 1.98. The zero-order valence-electron chi connectivity index (χ0n) is 6.19. The summed E-state index contributed by atoms with van der Waals surface area (Å²) in [6.07, 6.45) is 2.46. The van der Waals surface area contributed by atoms with Crippen LogP contribution < -0.4 is 5.32 Å². The second kappa shape index (κ2) is 4.13. The Morgan fingerprint density at radius 3 is 2.56 bits per heavy atom. The summed E-state index contributed by atoms with van der Waals surface area (Å²) in [5.41, 5.74) is 1.11. The maximum atomic E-state index is 10.6. The third kappa shape index (κ3) is 3.76. The van der Waals surface area contributed by atoms with Gasteiger partial charge in [-0.15, -0.1) is 0 Å². The van der Waals surface area contributed by atoms with Crippen molar-refractivity contribution >= 4 is 5.91 Å². The van der Waals surface area contributed by atoms with Gasteiger partial charge >= 0.3 is 0 Å². The largest absolute Gasteiger partial charge is 0.359 e. The highest BCUT2D eigenvalue weighted by Crippen LogP contribution is 1.96. The Kier molecular flexibility index (Phi) is 3.76. The molecule has 0 aromatic heterocycles. The van der Waals surface area contributed by atoms with Gasteiger partial charge in [-0.3, -0.25) is 4.79 Å². The van der Waals surface area contributed by atoms with Gasteiger partial charge in [0.2, 0.25) is 5.91 Å². The highest BCUT2D eigenvalue weighted by molar-refractivity contribution is 5.77. The number of nitrogens with one attached hydrogen (secondary N) is 1. The van der Waals surface area contributed by atoms with Gasteiger partial charge in [0.15, 0.2) is 0 Å². The quantitative estimate of drug-likeness (QED) is 0.553. The van der Waals surface area contributed by atoms with E-state index in [0.29, 0.717) is 6.42 Å². The highest BCUT2D eigenvalue weighted by Gasteiger charge is 1.95. The summed E-state index contributed by atoms with van der Waals surface area (Å²) in [7, 11) is 1.64. The molecule has 0 aromatic rings. The highest BCUT2D eigenvalue weighted by atomic mass is 16.1. The third-order valence-electron chi connectivity index (χ3n) is 1.21. The number of amides is 1. The van der Waals surface area contributed by atoms with Crippen LogP contribution in [0.15, 0.2) is 11.6 Å². The molecule has 0 rings (SSSR count). The van der Waals surface area contributed by atoms with Crippen molar-refractivity contribution in [1.29, 1.82) is 0 Å². The van der Waals surface area contributed by atoms with E-state index in [1.807, 2.05) is 19.9 Å². The van der Waals surface area contributed by atoms with E-state index in [4.69, 9.17) is 0 Å². The smallest absolute Gasteiger partial charge is 0.223 e. The van der Waals surface area contributed by atoms with Gasteiger partial charge in [0, 0.05) is 13.5 Å². The average Bonchev–Trinajstić information content (AvgIpc) is 1.87. The summed E-state index contributed by atoms with van der Waals surface area (Å²) in [6, 6.07) is 0. The molecule has 0 aliphatic rings. The molecule has 0 saturated carbocycles. The van der Waals surface area contributed by atoms with Gasteiger partial charge in [-0.2, -0.15) is 0 Å². The minimum Gasteiger partial charge on any atom is -0.359 e. The van der Waals surface area contributed by atoms with Crippen LogP contribution in [0.2, 0.25) is 0 Å². The van der Waals surface area contributed by atoms with Crippen molar-refractivity contribution in [2.45, 2.75) is 20.3 Å². The average molecular weight is 127 g/mol. The van der Waals surface area contributed by atoms with E-state index in [1.165, 1.54) is 0 Å². The van der Waals surface area contributed by atoms with Crippen molar-refractivity contribution in [3.05, 3.63) is 11.6 Å². The molecule has 0 aliphatic carbocycles. The van der Waals surface area contributed by atoms with E-state index in [1.54, 1.807) is 7.05 Å². The predicted octanol–water partition coefficient (Wildman–Crippen LogP) is 1.09. The van der Waals surface area contributed by atoms with Crippen molar-refractivity contribution < 1.29 is 4.79 Å². The zero-order valence-corrected chi connectivity index (χ0v) is 6.19. The Morgan fingerprint density at radius 2 is 2.22 bits per heavy atom. The second-order valence-electron chi connectivity index (χ2n) is 1.98. The van der Waals surface area contributed by atoms with E-state index in [0.717, 1.165) is 5.57 Å². The number of rotatable bonds is 2. The van der Waals surface area contributed by atoms with Crippen LogP contribution in [0.5, 0.6) is 0 Å². The molecule has 0 unspecified atom stereocenters. The molecule has 1 N–H and O–H groups in total. The minimum atomic E-state index is 0.0746. The van der Waals surface area contributed by atoms with E-state index in [2.05, 4.69) is 5.32 Å². The van der Waals surface area contributed by atoms with Crippen molar-refractivity contribution in [2.75, 3.05) is 7.05 Å². The van der Waals surface area contributed by atoms with Crippen LogP contribution in [0.25, 0.3) is 0 Å². The van der Waals surface area contributed by atoms with E-state index in [9.17, 15) is 4.79 Å². The maximum Gasteiger partial charge on any atom is 0.223 e. The summed E-state index contributed by atoms with van der Waals surface area (Å²) in [5.74, 6) is 0.0746. The van der Waals surface area contributed by atoms with Crippen molar-refractivity contribution in [1.82, 2.24) is 5.32 Å². The molecule has 1 amide bonds. The van der Waals surface area contributed by atoms with Crippen LogP contribution in [0.3, 0.4) is 0 Å². The molecule has 0 atom stereocenters. The van der Waals surface area contributed by atoms with E-state index < -0.39 is 0 Å². The van der Waals surface area contributed by atoms with E-state index >= 15 is 0 Å². The molecule has 2 nitrogen and oxygen atoms in total. The van der Waals surface area contributed by atoms with Crippen LogP contribution in [0, 0.1) is 0 Å². The number of hydrogen-bond acceptors (Lipinski definition) is 1. The number of allylic oxidation sites excluding steroid dienone is 1. The Hall–Kier alpha value is -0.790. The molecule has 0 bridgehead atoms. The molecule has 0 radical (unpaired) electrons. The lowest BCUT2D eigenvalue weighted by Gasteiger charge is -1.96. The zero-order chi connectivity index (χ0) is 7.28. The molecule has 0 aliphatic heterocycles. The SMILES string of the molecule is C/C=C(\C)CC(=O)NC. The lowest BCUT2D eigenvalue weighted by molar-refractivity contribution is -0.119. The molecule has 9 heavy (non-hydrogen) atoms. The topological polar surface area (TPSA) is 29.1 Å². The van der Waals surface area contributed by atoms with Crippen LogP contribution >= 0.6 is 0 Å². The molecule has 0 heterocycles. The fourth-order valence-corrected chi connectivity index (χ4v) is 0.444. The summed E-state index contributed by atoms with van der Waals surface area (Å²) < 4.78 is 0. The lowest BCUT2D eigenvalue weighted by atomic mass is 10.2. The first-order valence-corrected chi connectivity index (χ1v) is 3.03. The Morgan fingerprint density at radius 1 is 1.67 bits per heavy atom. The normalized spacial score (nSPS) is 11.2. The molecular formula is C7H13NO. The van der Waals surface area contributed by atoms with Crippen molar-refractivity contribution in [3.8, 4) is 0 Å². The number of carbonyl (C=O) groups is 1. The van der Waals surface area contributed by atoms with Gasteiger partial charge < -0.3 is 5.32 Å². The van der Waals surface area contributed by atoms with Crippen LogP contribution in [-0.4, -0.2) is 13.0 Å². The van der Waals surface area contributed by atoms with Gasteiger partial charge in [0.05, 0.1) is 0 Å². The predicted molar refractivity (Wildman–Crippen MR) is 38.1 cm³/mol. The summed E-state index contributed by atoms with van der Waals surface area (Å²) in [5, 5.41) is 2.55. The fourth-order valence-electron chi connectivity index (χ4n) is 0.444. The first-order chi connectivity index (χ1) is 4.20. The van der Waals surface area contributed by atoms with Gasteiger partial charge in [-0.1, -0.05) is 11.6 Å². The number of carbonyl (C=O) groups excluding carboxylic acids is 1. The molecule has 2 heteroatoms. The first kappa shape index (κ1) is 8.21. The van der Waals surface area contributed by atoms with Crippen molar-refractivity contribution in [3.63, 3.8) is 0 Å². The van der Waals surface area contributed by atoms with E-state index in [-0.39, 0.29) is 5.91 Å². The molecule has 0 fully saturated rings. The van der Waals surface area contributed by atoms with Crippen LogP contribution in [0.4, 0.5) is 0 Å². The number of hydrogen-bond donors (Lipinski definition) is 1. The molecule has 0 spiro atoms. The van der Waals surface area contributed by atoms with Gasteiger partial charge in [-0.05, 0) is 13.8 Å². The summed E-state index contributed by atoms with van der Waals surface area (Å²) >= 11 is 0. The molecule has 0 aromatic carbocycles. The molecule has 0 saturated heterocycles. The Bertz CT molecular complexity index is 127. The summed E-state index contributed by atoms with van der Waals surface area (Å²) in [6.45, 7) is 3.87. The van der Waals surface area contributed by atoms with Crippen LogP contribution in [-0.2, 0) is 4.79 Å².